The molecule has 0 heterocycles. The lowest BCUT2D eigenvalue weighted by Crippen LogP contribution is -2.39. The van der Waals surface area contributed by atoms with Crippen molar-refractivity contribution in [2.75, 3.05) is 11.9 Å². The molecule has 0 saturated heterocycles. The Morgan fingerprint density at radius 2 is 1.76 bits per heavy atom. The Kier molecular flexibility index (Phi) is 5.48. The van der Waals surface area contributed by atoms with E-state index in [-0.39, 0.29) is 18.0 Å². The smallest absolute Gasteiger partial charge is 0.251 e. The van der Waals surface area contributed by atoms with Gasteiger partial charge in [-0.3, -0.25) is 9.59 Å². The van der Waals surface area contributed by atoms with Crippen LogP contribution < -0.4 is 10.6 Å². The number of nitrogens with one attached hydrogen (secondary N) is 2. The van der Waals surface area contributed by atoms with E-state index in [4.69, 9.17) is 0 Å². The zero-order chi connectivity index (χ0) is 18.6. The summed E-state index contributed by atoms with van der Waals surface area (Å²) >= 11 is 0. The molecule has 1 atom stereocenters. The van der Waals surface area contributed by atoms with Gasteiger partial charge in [0.05, 0.1) is 6.54 Å². The number of aliphatic hydroxyl groups is 1. The van der Waals surface area contributed by atoms with Gasteiger partial charge in [0.1, 0.15) is 17.2 Å². The lowest BCUT2D eigenvalue weighted by atomic mass is 9.95. The van der Waals surface area contributed by atoms with Crippen molar-refractivity contribution < 1.29 is 23.5 Å². The van der Waals surface area contributed by atoms with Gasteiger partial charge in [0.2, 0.25) is 5.91 Å². The molecular weight excluding hydrogens is 330 g/mol. The van der Waals surface area contributed by atoms with Crippen LogP contribution in [0.15, 0.2) is 42.5 Å². The lowest BCUT2D eigenvalue weighted by molar-refractivity contribution is -0.114. The van der Waals surface area contributed by atoms with Crippen molar-refractivity contribution in [2.45, 2.75) is 19.4 Å². The second-order valence-electron chi connectivity index (χ2n) is 5.84. The number of anilines is 1. The third-order valence-corrected chi connectivity index (χ3v) is 3.57. The van der Waals surface area contributed by atoms with Crippen LogP contribution in [0.25, 0.3) is 0 Å². The van der Waals surface area contributed by atoms with Gasteiger partial charge in [-0.05, 0) is 37.3 Å². The number of carbonyl (C=O) groups excluding carboxylic acids is 2. The molecule has 0 saturated carbocycles. The largest absolute Gasteiger partial charge is 0.383 e. The number of hydrogen-bond acceptors (Lipinski definition) is 3. The molecule has 0 fully saturated rings. The Balaban J connectivity index is 2.04. The van der Waals surface area contributed by atoms with E-state index in [0.29, 0.717) is 17.3 Å². The Morgan fingerprint density at radius 1 is 1.12 bits per heavy atom. The zero-order valence-electron chi connectivity index (χ0n) is 13.8. The molecule has 0 aliphatic heterocycles. The van der Waals surface area contributed by atoms with Crippen molar-refractivity contribution in [1.82, 2.24) is 5.32 Å². The summed E-state index contributed by atoms with van der Waals surface area (Å²) in [7, 11) is 0. The third kappa shape index (κ3) is 4.84. The Bertz CT molecular complexity index is 789. The van der Waals surface area contributed by atoms with Crippen LogP contribution in [0.5, 0.6) is 0 Å². The fourth-order valence-electron chi connectivity index (χ4n) is 2.28. The maximum Gasteiger partial charge on any atom is 0.251 e. The Labute approximate surface area is 143 Å². The molecule has 0 radical (unpaired) electrons. The van der Waals surface area contributed by atoms with Gasteiger partial charge in [-0.25, -0.2) is 8.78 Å². The van der Waals surface area contributed by atoms with Crippen molar-refractivity contribution in [3.05, 3.63) is 65.2 Å². The van der Waals surface area contributed by atoms with Gasteiger partial charge in [-0.1, -0.05) is 6.07 Å². The van der Waals surface area contributed by atoms with E-state index in [0.717, 1.165) is 12.1 Å². The predicted octanol–water partition coefficient (Wildman–Crippen LogP) is 2.56. The maximum absolute atomic E-state index is 13.8. The monoisotopic (exact) mass is 348 g/mol. The Hall–Kier alpha value is -2.80. The molecule has 25 heavy (non-hydrogen) atoms. The highest BCUT2D eigenvalue weighted by molar-refractivity contribution is 5.95. The van der Waals surface area contributed by atoms with E-state index >= 15 is 0 Å². The van der Waals surface area contributed by atoms with Gasteiger partial charge < -0.3 is 15.7 Å². The third-order valence-electron chi connectivity index (χ3n) is 3.57. The van der Waals surface area contributed by atoms with Crippen LogP contribution in [-0.4, -0.2) is 23.5 Å². The lowest BCUT2D eigenvalue weighted by Gasteiger charge is -2.24. The number of hydrogen-bond donors (Lipinski definition) is 3. The Morgan fingerprint density at radius 3 is 2.32 bits per heavy atom. The van der Waals surface area contributed by atoms with Gasteiger partial charge in [0.15, 0.2) is 0 Å². The molecule has 0 unspecified atom stereocenters. The zero-order valence-corrected chi connectivity index (χ0v) is 13.8. The highest BCUT2D eigenvalue weighted by Crippen LogP contribution is 2.23. The highest BCUT2D eigenvalue weighted by Gasteiger charge is 2.27. The number of halogens is 2. The van der Waals surface area contributed by atoms with E-state index in [1.54, 1.807) is 12.1 Å². The van der Waals surface area contributed by atoms with Crippen molar-refractivity contribution in [3.8, 4) is 0 Å². The molecule has 0 bridgehead atoms. The van der Waals surface area contributed by atoms with Crippen molar-refractivity contribution >= 4 is 17.5 Å². The standard InChI is InChI=1S/C18H18F2N2O3/c1-11(23)22-14-6-3-12(4-7-14)17(24)21-10-18(2,25)15-8-5-13(19)9-16(15)20/h3-9,25H,10H2,1-2H3,(H,21,24)(H,22,23)/t18-/m1/s1. The number of benzene rings is 2. The fourth-order valence-corrected chi connectivity index (χ4v) is 2.28. The van der Waals surface area contributed by atoms with Crippen molar-refractivity contribution in [3.63, 3.8) is 0 Å². The maximum atomic E-state index is 13.8. The summed E-state index contributed by atoms with van der Waals surface area (Å²) in [5.41, 5.74) is -0.965. The fraction of sp³-hybridized carbons (Fsp3) is 0.222. The second kappa shape index (κ2) is 7.40. The van der Waals surface area contributed by atoms with Gasteiger partial charge in [0, 0.05) is 29.8 Å². The van der Waals surface area contributed by atoms with E-state index in [2.05, 4.69) is 10.6 Å². The van der Waals surface area contributed by atoms with Crippen LogP contribution in [0.2, 0.25) is 0 Å². The van der Waals surface area contributed by atoms with Crippen LogP contribution in [0.4, 0.5) is 14.5 Å². The summed E-state index contributed by atoms with van der Waals surface area (Å²) in [6, 6.07) is 8.99. The summed E-state index contributed by atoms with van der Waals surface area (Å²) in [5, 5.41) is 15.5. The highest BCUT2D eigenvalue weighted by atomic mass is 19.1. The van der Waals surface area contributed by atoms with Crippen molar-refractivity contribution in [1.29, 1.82) is 0 Å². The first kappa shape index (κ1) is 18.5. The van der Waals surface area contributed by atoms with Crippen LogP contribution in [-0.2, 0) is 10.4 Å². The topological polar surface area (TPSA) is 78.4 Å². The quantitative estimate of drug-likeness (QED) is 0.777. The molecule has 132 valence electrons. The van der Waals surface area contributed by atoms with Gasteiger partial charge in [-0.15, -0.1) is 0 Å². The SMILES string of the molecule is CC(=O)Nc1ccc(C(=O)NC[C@@](C)(O)c2ccc(F)cc2F)cc1. The van der Waals surface area contributed by atoms with Crippen molar-refractivity contribution in [2.24, 2.45) is 0 Å². The predicted molar refractivity (Wildman–Crippen MR) is 89.0 cm³/mol. The summed E-state index contributed by atoms with van der Waals surface area (Å²) in [6.45, 7) is 2.43. The van der Waals surface area contributed by atoms with Crippen LogP contribution >= 0.6 is 0 Å². The van der Waals surface area contributed by atoms with E-state index in [1.165, 1.54) is 26.0 Å². The van der Waals surface area contributed by atoms with Crippen LogP contribution in [0.1, 0.15) is 29.8 Å². The molecule has 2 aromatic carbocycles. The minimum absolute atomic E-state index is 0.116. The average Bonchev–Trinajstić information content (AvgIpc) is 2.52. The molecule has 2 aromatic rings. The molecule has 3 N–H and O–H groups in total. The van der Waals surface area contributed by atoms with Crippen LogP contribution in [0.3, 0.4) is 0 Å². The second-order valence-corrected chi connectivity index (χ2v) is 5.84. The molecule has 0 aromatic heterocycles. The first-order chi connectivity index (χ1) is 11.7. The molecule has 2 rings (SSSR count). The first-order valence-corrected chi connectivity index (χ1v) is 7.53. The molecular formula is C18H18F2N2O3. The van der Waals surface area contributed by atoms with Gasteiger partial charge >= 0.3 is 0 Å². The van der Waals surface area contributed by atoms with Crippen LogP contribution in [0, 0.1) is 11.6 Å². The average molecular weight is 348 g/mol. The van der Waals surface area contributed by atoms with E-state index < -0.39 is 23.1 Å². The molecule has 5 nitrogen and oxygen atoms in total. The molecule has 2 amide bonds. The number of rotatable bonds is 5. The summed E-state index contributed by atoms with van der Waals surface area (Å²) in [5.74, 6) is -2.34. The normalized spacial score (nSPS) is 13.0. The van der Waals surface area contributed by atoms with E-state index in [1.807, 2.05) is 0 Å². The summed E-state index contributed by atoms with van der Waals surface area (Å²) < 4.78 is 26.8. The van der Waals surface area contributed by atoms with Gasteiger partial charge in [-0.2, -0.15) is 0 Å². The molecule has 7 heteroatoms. The molecule has 0 aliphatic rings. The minimum Gasteiger partial charge on any atom is -0.383 e. The number of amides is 2. The number of carbonyl (C=O) groups is 2. The van der Waals surface area contributed by atoms with E-state index in [9.17, 15) is 23.5 Å². The summed E-state index contributed by atoms with van der Waals surface area (Å²) in [4.78, 5) is 23.1. The molecule has 0 spiro atoms. The minimum atomic E-state index is -1.70. The first-order valence-electron chi connectivity index (χ1n) is 7.53. The molecule has 0 aliphatic carbocycles. The summed E-state index contributed by atoms with van der Waals surface area (Å²) in [6.07, 6.45) is 0. The van der Waals surface area contributed by atoms with Gasteiger partial charge in [0.25, 0.3) is 5.91 Å².